The zero-order chi connectivity index (χ0) is 17.0. The summed E-state index contributed by atoms with van der Waals surface area (Å²) in [4.78, 5) is 12.1. The van der Waals surface area contributed by atoms with Crippen molar-refractivity contribution in [1.29, 1.82) is 0 Å². The molecule has 1 aliphatic rings. The van der Waals surface area contributed by atoms with E-state index < -0.39 is 15.9 Å². The van der Waals surface area contributed by atoms with Gasteiger partial charge >= 0.3 is 0 Å². The Balaban J connectivity index is 2.03. The van der Waals surface area contributed by atoms with Crippen molar-refractivity contribution in [2.45, 2.75) is 18.9 Å². The van der Waals surface area contributed by atoms with E-state index in [9.17, 15) is 13.2 Å². The Bertz CT molecular complexity index is 675. The number of ether oxygens (including phenoxy) is 1. The fourth-order valence-corrected chi connectivity index (χ4v) is 3.40. The summed E-state index contributed by atoms with van der Waals surface area (Å²) in [7, 11) is -3.52. The molecule has 1 aromatic carbocycles. The second kappa shape index (κ2) is 7.81. The van der Waals surface area contributed by atoms with Crippen molar-refractivity contribution in [1.82, 2.24) is 4.31 Å². The molecule has 0 radical (unpaired) electrons. The van der Waals surface area contributed by atoms with Crippen molar-refractivity contribution in [3.8, 4) is 0 Å². The number of sulfonamides is 1. The molecule has 1 saturated heterocycles. The summed E-state index contributed by atoms with van der Waals surface area (Å²) in [6, 6.07) is 4.66. The van der Waals surface area contributed by atoms with Crippen LogP contribution in [0.2, 0.25) is 10.0 Å². The second-order valence-electron chi connectivity index (χ2n) is 5.36. The number of anilines is 1. The number of benzene rings is 1. The van der Waals surface area contributed by atoms with Crippen LogP contribution in [-0.2, 0) is 19.6 Å². The molecule has 0 bridgehead atoms. The molecule has 1 unspecified atom stereocenters. The Morgan fingerprint density at radius 1 is 1.43 bits per heavy atom. The first-order chi connectivity index (χ1) is 10.8. The fraction of sp³-hybridized carbons (Fsp3) is 0.500. The lowest BCUT2D eigenvalue weighted by molar-refractivity contribution is -0.116. The van der Waals surface area contributed by atoms with Crippen molar-refractivity contribution in [2.75, 3.05) is 31.3 Å². The van der Waals surface area contributed by atoms with E-state index >= 15 is 0 Å². The molecule has 128 valence electrons. The van der Waals surface area contributed by atoms with Gasteiger partial charge in [-0.1, -0.05) is 23.2 Å². The third-order valence-corrected chi connectivity index (χ3v) is 5.20. The number of amides is 1. The zero-order valence-corrected chi connectivity index (χ0v) is 14.9. The van der Waals surface area contributed by atoms with Gasteiger partial charge in [-0.05, 0) is 31.0 Å². The Morgan fingerprint density at radius 3 is 2.78 bits per heavy atom. The summed E-state index contributed by atoms with van der Waals surface area (Å²) >= 11 is 11.8. The summed E-state index contributed by atoms with van der Waals surface area (Å²) in [6.45, 7) is 0.476. The van der Waals surface area contributed by atoms with Crippen LogP contribution >= 0.6 is 23.2 Å². The lowest BCUT2D eigenvalue weighted by atomic mass is 10.2. The molecule has 0 spiro atoms. The van der Waals surface area contributed by atoms with Gasteiger partial charge in [-0.3, -0.25) is 4.79 Å². The van der Waals surface area contributed by atoms with Crippen LogP contribution in [0.4, 0.5) is 5.69 Å². The summed E-state index contributed by atoms with van der Waals surface area (Å²) in [5, 5.41) is 3.32. The highest BCUT2D eigenvalue weighted by molar-refractivity contribution is 7.88. The molecule has 0 saturated carbocycles. The van der Waals surface area contributed by atoms with Crippen molar-refractivity contribution in [3.05, 3.63) is 28.2 Å². The Hall–Kier alpha value is -0.860. The molecule has 1 aromatic rings. The smallest absolute Gasteiger partial charge is 0.239 e. The maximum absolute atomic E-state index is 12.1. The summed E-state index contributed by atoms with van der Waals surface area (Å²) in [5.41, 5.74) is 0.342. The van der Waals surface area contributed by atoms with Gasteiger partial charge in [-0.15, -0.1) is 0 Å². The Kier molecular flexibility index (Phi) is 6.27. The molecule has 0 aliphatic carbocycles. The van der Waals surface area contributed by atoms with E-state index in [0.717, 1.165) is 23.4 Å². The maximum atomic E-state index is 12.1. The highest BCUT2D eigenvalue weighted by Crippen LogP contribution is 2.25. The van der Waals surface area contributed by atoms with Crippen molar-refractivity contribution >= 4 is 44.8 Å². The molecule has 2 rings (SSSR count). The third kappa shape index (κ3) is 5.61. The third-order valence-electron chi connectivity index (χ3n) is 3.42. The SMILES string of the molecule is CS(=O)(=O)N(CC(=O)Nc1cc(Cl)ccc1Cl)CC1CCCO1. The molecule has 1 heterocycles. The summed E-state index contributed by atoms with van der Waals surface area (Å²) in [5.74, 6) is -0.488. The highest BCUT2D eigenvalue weighted by atomic mass is 35.5. The molecule has 23 heavy (non-hydrogen) atoms. The maximum Gasteiger partial charge on any atom is 0.239 e. The Morgan fingerprint density at radius 2 is 2.17 bits per heavy atom. The normalized spacial score (nSPS) is 18.3. The summed E-state index contributed by atoms with van der Waals surface area (Å²) < 4.78 is 30.3. The lowest BCUT2D eigenvalue weighted by Crippen LogP contribution is -2.41. The molecule has 1 atom stereocenters. The van der Waals surface area contributed by atoms with Gasteiger partial charge in [0.1, 0.15) is 0 Å². The molecule has 1 fully saturated rings. The van der Waals surface area contributed by atoms with E-state index in [0.29, 0.717) is 22.3 Å². The quantitative estimate of drug-likeness (QED) is 0.821. The van der Waals surface area contributed by atoms with Crippen LogP contribution in [0.25, 0.3) is 0 Å². The van der Waals surface area contributed by atoms with Gasteiger partial charge in [-0.2, -0.15) is 4.31 Å². The molecule has 1 N–H and O–H groups in total. The van der Waals surface area contributed by atoms with E-state index in [1.165, 1.54) is 6.07 Å². The van der Waals surface area contributed by atoms with Crippen molar-refractivity contribution < 1.29 is 17.9 Å². The van der Waals surface area contributed by atoms with Crippen LogP contribution in [0.1, 0.15) is 12.8 Å². The molecule has 0 aromatic heterocycles. The van der Waals surface area contributed by atoms with Crippen molar-refractivity contribution in [3.63, 3.8) is 0 Å². The van der Waals surface area contributed by atoms with E-state index in [2.05, 4.69) is 5.32 Å². The van der Waals surface area contributed by atoms with E-state index in [-0.39, 0.29) is 19.2 Å². The number of carbonyl (C=O) groups is 1. The van der Waals surface area contributed by atoms with Gasteiger partial charge in [-0.25, -0.2) is 8.42 Å². The fourth-order valence-electron chi connectivity index (χ4n) is 2.28. The number of carbonyl (C=O) groups excluding carboxylic acids is 1. The van der Waals surface area contributed by atoms with Crippen LogP contribution < -0.4 is 5.32 Å². The number of rotatable bonds is 6. The molecule has 6 nitrogen and oxygen atoms in total. The van der Waals surface area contributed by atoms with Gasteiger partial charge in [0.15, 0.2) is 0 Å². The predicted molar refractivity (Wildman–Crippen MR) is 90.5 cm³/mol. The van der Waals surface area contributed by atoms with Gasteiger partial charge < -0.3 is 10.1 Å². The first kappa shape index (κ1) is 18.5. The number of halogens is 2. The van der Waals surface area contributed by atoms with E-state index in [1.54, 1.807) is 12.1 Å². The molecule has 1 aliphatic heterocycles. The van der Waals surface area contributed by atoms with E-state index in [4.69, 9.17) is 27.9 Å². The first-order valence-corrected chi connectivity index (χ1v) is 9.68. The monoisotopic (exact) mass is 380 g/mol. The summed E-state index contributed by atoms with van der Waals surface area (Å²) in [6.07, 6.45) is 2.58. The average Bonchev–Trinajstić information content (AvgIpc) is 2.94. The second-order valence-corrected chi connectivity index (χ2v) is 8.19. The van der Waals surface area contributed by atoms with Crippen LogP contribution in [-0.4, -0.2) is 50.7 Å². The number of nitrogens with one attached hydrogen (secondary N) is 1. The van der Waals surface area contributed by atoms with Crippen LogP contribution in [0, 0.1) is 0 Å². The lowest BCUT2D eigenvalue weighted by Gasteiger charge is -2.22. The molecular formula is C14H18Cl2N2O4S. The largest absolute Gasteiger partial charge is 0.377 e. The van der Waals surface area contributed by atoms with E-state index in [1.807, 2.05) is 0 Å². The average molecular weight is 381 g/mol. The van der Waals surface area contributed by atoms with Gasteiger partial charge in [0.2, 0.25) is 15.9 Å². The molecule has 1 amide bonds. The minimum Gasteiger partial charge on any atom is -0.377 e. The zero-order valence-electron chi connectivity index (χ0n) is 12.6. The number of hydrogen-bond acceptors (Lipinski definition) is 4. The van der Waals surface area contributed by atoms with Crippen LogP contribution in [0.5, 0.6) is 0 Å². The van der Waals surface area contributed by atoms with Crippen molar-refractivity contribution in [2.24, 2.45) is 0 Å². The highest BCUT2D eigenvalue weighted by Gasteiger charge is 2.26. The number of hydrogen-bond donors (Lipinski definition) is 1. The van der Waals surface area contributed by atoms with Gasteiger partial charge in [0, 0.05) is 18.2 Å². The van der Waals surface area contributed by atoms with Gasteiger partial charge in [0.25, 0.3) is 0 Å². The minimum absolute atomic E-state index is 0.162. The predicted octanol–water partition coefficient (Wildman–Crippen LogP) is 2.37. The number of nitrogens with zero attached hydrogens (tertiary/aromatic N) is 1. The standard InChI is InChI=1S/C14H18Cl2N2O4S/c1-23(20,21)18(8-11-3-2-6-22-11)9-14(19)17-13-7-10(15)4-5-12(13)16/h4-5,7,11H,2-3,6,8-9H2,1H3,(H,17,19). The van der Waals surface area contributed by atoms with Crippen LogP contribution in [0.3, 0.4) is 0 Å². The first-order valence-electron chi connectivity index (χ1n) is 7.07. The molecule has 9 heteroatoms. The van der Waals surface area contributed by atoms with Gasteiger partial charge in [0.05, 0.1) is 29.6 Å². The van der Waals surface area contributed by atoms with Crippen LogP contribution in [0.15, 0.2) is 18.2 Å². The Labute approximate surface area is 145 Å². The minimum atomic E-state index is -3.52. The topological polar surface area (TPSA) is 75.7 Å². The molecular weight excluding hydrogens is 363 g/mol.